The first-order chi connectivity index (χ1) is 16.2. The van der Waals surface area contributed by atoms with Crippen LogP contribution in [0.2, 0.25) is 0 Å². The fraction of sp³-hybridized carbons (Fsp3) is 0.300. The summed E-state index contributed by atoms with van der Waals surface area (Å²) in [5.41, 5.74) is -2.48. The van der Waals surface area contributed by atoms with Crippen LogP contribution in [0.4, 0.5) is 18.3 Å². The number of halogens is 3. The van der Waals surface area contributed by atoms with Crippen LogP contribution < -0.4 is 19.5 Å². The van der Waals surface area contributed by atoms with Gasteiger partial charge in [-0.2, -0.15) is 13.2 Å². The van der Waals surface area contributed by atoms with Gasteiger partial charge in [-0.25, -0.2) is 15.0 Å². The van der Waals surface area contributed by atoms with Gasteiger partial charge in [-0.3, -0.25) is 10.1 Å². The number of nitrogens with one attached hydrogen (secondary N) is 1. The summed E-state index contributed by atoms with van der Waals surface area (Å²) in [6, 6.07) is 2.82. The van der Waals surface area contributed by atoms with Crippen molar-refractivity contribution in [3.63, 3.8) is 0 Å². The van der Waals surface area contributed by atoms with E-state index in [4.69, 9.17) is 14.2 Å². The molecule has 1 amide bonds. The van der Waals surface area contributed by atoms with Gasteiger partial charge in [0.05, 0.1) is 43.6 Å². The van der Waals surface area contributed by atoms with Crippen molar-refractivity contribution < 1.29 is 42.4 Å². The minimum absolute atomic E-state index is 0.0191. The predicted octanol–water partition coefficient (Wildman–Crippen LogP) is 2.46. The maximum Gasteiger partial charge on any atom is 0.416 e. The standard InChI is InChI=1S/C20H17F3N4O6S/c1-31-16-12(17(32-2)25-8-24-16)15(30)27-18-26-13-10-4-3-9(20(21,22)23)5-11(10)33-19(6-28,7-29)14(13)34-18/h3-5,8,28-29H,6-7H2,1-2H3,(H,26,27,30). The zero-order valence-electron chi connectivity index (χ0n) is 17.6. The normalized spacial score (nSPS) is 14.0. The van der Waals surface area contributed by atoms with Crippen LogP contribution >= 0.6 is 11.3 Å². The molecular formula is C20H17F3N4O6S. The van der Waals surface area contributed by atoms with Gasteiger partial charge in [0.15, 0.2) is 16.3 Å². The molecule has 0 saturated carbocycles. The van der Waals surface area contributed by atoms with Gasteiger partial charge < -0.3 is 24.4 Å². The highest BCUT2D eigenvalue weighted by atomic mass is 32.1. The number of anilines is 1. The number of nitrogens with zero attached hydrogens (tertiary/aromatic N) is 3. The van der Waals surface area contributed by atoms with Gasteiger partial charge in [-0.15, -0.1) is 0 Å². The Balaban J connectivity index is 1.78. The van der Waals surface area contributed by atoms with Gasteiger partial charge in [0.25, 0.3) is 5.91 Å². The molecule has 0 fully saturated rings. The summed E-state index contributed by atoms with van der Waals surface area (Å²) in [5.74, 6) is -1.06. The van der Waals surface area contributed by atoms with E-state index in [1.807, 2.05) is 0 Å². The number of carbonyl (C=O) groups is 1. The molecule has 10 nitrogen and oxygen atoms in total. The fourth-order valence-electron chi connectivity index (χ4n) is 3.38. The van der Waals surface area contributed by atoms with Gasteiger partial charge in [0.1, 0.15) is 12.1 Å². The largest absolute Gasteiger partial charge is 0.480 e. The molecule has 0 unspecified atom stereocenters. The third kappa shape index (κ3) is 3.89. The first kappa shape index (κ1) is 23.7. The van der Waals surface area contributed by atoms with Crippen LogP contribution in [0.25, 0.3) is 11.3 Å². The first-order valence-corrected chi connectivity index (χ1v) is 10.4. The average molecular weight is 498 g/mol. The van der Waals surface area contributed by atoms with E-state index in [0.717, 1.165) is 29.8 Å². The number of aromatic nitrogens is 3. The monoisotopic (exact) mass is 498 g/mol. The molecule has 4 rings (SSSR count). The molecule has 0 radical (unpaired) electrons. The van der Waals surface area contributed by atoms with Gasteiger partial charge in [0.2, 0.25) is 11.8 Å². The van der Waals surface area contributed by atoms with E-state index >= 15 is 0 Å². The van der Waals surface area contributed by atoms with Gasteiger partial charge in [-0.05, 0) is 18.2 Å². The summed E-state index contributed by atoms with van der Waals surface area (Å²) in [7, 11) is 2.61. The smallest absolute Gasteiger partial charge is 0.416 e. The Bertz CT molecular complexity index is 1220. The topological polar surface area (TPSA) is 136 Å². The van der Waals surface area contributed by atoms with Crippen LogP contribution in [0.5, 0.6) is 17.5 Å². The number of thiazole rings is 1. The van der Waals surface area contributed by atoms with Crippen molar-refractivity contribution in [1.29, 1.82) is 0 Å². The fourth-order valence-corrected chi connectivity index (χ4v) is 4.46. The molecule has 0 saturated heterocycles. The molecule has 14 heteroatoms. The Morgan fingerprint density at radius 3 is 2.38 bits per heavy atom. The lowest BCUT2D eigenvalue weighted by Gasteiger charge is -2.35. The number of alkyl halides is 3. The molecule has 1 aromatic carbocycles. The van der Waals surface area contributed by atoms with Crippen LogP contribution in [-0.2, 0) is 11.8 Å². The van der Waals surface area contributed by atoms with Crippen LogP contribution in [0.15, 0.2) is 24.5 Å². The number of aliphatic hydroxyl groups is 2. The van der Waals surface area contributed by atoms with E-state index < -0.39 is 36.5 Å². The van der Waals surface area contributed by atoms with Gasteiger partial charge in [0, 0.05) is 5.56 Å². The molecular weight excluding hydrogens is 481 g/mol. The van der Waals surface area contributed by atoms with Crippen molar-refractivity contribution in [2.45, 2.75) is 11.8 Å². The van der Waals surface area contributed by atoms with Crippen LogP contribution in [0.3, 0.4) is 0 Å². The van der Waals surface area contributed by atoms with E-state index in [9.17, 15) is 28.2 Å². The molecule has 3 heterocycles. The number of rotatable bonds is 6. The number of amides is 1. The van der Waals surface area contributed by atoms with Crippen LogP contribution in [0, 0.1) is 0 Å². The lowest BCUT2D eigenvalue weighted by atomic mass is 9.94. The summed E-state index contributed by atoms with van der Waals surface area (Å²) in [6.45, 7) is -1.51. The maximum atomic E-state index is 13.2. The Morgan fingerprint density at radius 1 is 1.18 bits per heavy atom. The Labute approximate surface area is 194 Å². The molecule has 180 valence electrons. The third-order valence-corrected chi connectivity index (χ3v) is 6.19. The molecule has 1 aliphatic heterocycles. The average Bonchev–Trinajstić information content (AvgIpc) is 3.26. The molecule has 2 aromatic heterocycles. The van der Waals surface area contributed by atoms with Crippen molar-refractivity contribution in [2.75, 3.05) is 32.8 Å². The predicted molar refractivity (Wildman–Crippen MR) is 112 cm³/mol. The summed E-state index contributed by atoms with van der Waals surface area (Å²) in [4.78, 5) is 25.2. The molecule has 3 aromatic rings. The molecule has 0 atom stereocenters. The van der Waals surface area contributed by atoms with Gasteiger partial charge in [-0.1, -0.05) is 11.3 Å². The van der Waals surface area contributed by atoms with E-state index in [1.54, 1.807) is 0 Å². The van der Waals surface area contributed by atoms with E-state index in [0.29, 0.717) is 0 Å². The number of aliphatic hydroxyl groups excluding tert-OH is 2. The van der Waals surface area contributed by atoms with Crippen molar-refractivity contribution >= 4 is 22.4 Å². The quantitative estimate of drug-likeness (QED) is 0.468. The third-order valence-electron chi connectivity index (χ3n) is 5.03. The zero-order chi connectivity index (χ0) is 24.7. The van der Waals surface area contributed by atoms with Crippen LogP contribution in [0.1, 0.15) is 20.8 Å². The van der Waals surface area contributed by atoms with Crippen molar-refractivity contribution in [2.24, 2.45) is 0 Å². The second-order valence-electron chi connectivity index (χ2n) is 7.04. The van der Waals surface area contributed by atoms with E-state index in [2.05, 4.69) is 20.3 Å². The van der Waals surface area contributed by atoms with Crippen molar-refractivity contribution in [3.8, 4) is 28.8 Å². The highest BCUT2D eigenvalue weighted by Crippen LogP contribution is 2.49. The van der Waals surface area contributed by atoms with Gasteiger partial charge >= 0.3 is 6.18 Å². The second-order valence-corrected chi connectivity index (χ2v) is 8.04. The minimum Gasteiger partial charge on any atom is -0.480 e. The first-order valence-electron chi connectivity index (χ1n) is 9.55. The number of fused-ring (bicyclic) bond motifs is 3. The Hall–Kier alpha value is -3.49. The van der Waals surface area contributed by atoms with E-state index in [1.165, 1.54) is 20.3 Å². The summed E-state index contributed by atoms with van der Waals surface area (Å²) >= 11 is 0.882. The number of ether oxygens (including phenoxy) is 3. The number of methoxy groups -OCH3 is 2. The Kier molecular flexibility index (Phi) is 6.05. The lowest BCUT2D eigenvalue weighted by Crippen LogP contribution is -2.42. The molecule has 0 aliphatic carbocycles. The number of carbonyl (C=O) groups excluding carboxylic acids is 1. The number of hydrogen-bond donors (Lipinski definition) is 3. The molecule has 0 spiro atoms. The van der Waals surface area contributed by atoms with Crippen LogP contribution in [-0.4, -0.2) is 58.5 Å². The number of hydrogen-bond acceptors (Lipinski definition) is 10. The SMILES string of the molecule is COc1ncnc(OC)c1C(=O)Nc1nc2c(s1)C(CO)(CO)Oc1cc(C(F)(F)F)ccc1-2. The summed E-state index contributed by atoms with van der Waals surface area (Å²) in [5, 5.41) is 22.5. The maximum absolute atomic E-state index is 13.2. The molecule has 34 heavy (non-hydrogen) atoms. The molecule has 3 N–H and O–H groups in total. The Morgan fingerprint density at radius 2 is 1.82 bits per heavy atom. The highest BCUT2D eigenvalue weighted by Gasteiger charge is 2.44. The summed E-state index contributed by atoms with van der Waals surface area (Å²) in [6.07, 6.45) is -3.48. The molecule has 0 bridgehead atoms. The summed E-state index contributed by atoms with van der Waals surface area (Å²) < 4.78 is 55.4. The minimum atomic E-state index is -4.63. The van der Waals surface area contributed by atoms with Crippen molar-refractivity contribution in [3.05, 3.63) is 40.5 Å². The lowest BCUT2D eigenvalue weighted by molar-refractivity contribution is -0.137. The molecule has 1 aliphatic rings. The van der Waals surface area contributed by atoms with E-state index in [-0.39, 0.29) is 44.3 Å². The second kappa shape index (κ2) is 8.70. The van der Waals surface area contributed by atoms with Crippen molar-refractivity contribution in [1.82, 2.24) is 15.0 Å². The highest BCUT2D eigenvalue weighted by molar-refractivity contribution is 7.16. The zero-order valence-corrected chi connectivity index (χ0v) is 18.5. The number of benzene rings is 1.